The first-order valence-corrected chi connectivity index (χ1v) is 7.10. The molecule has 20 heavy (non-hydrogen) atoms. The molecule has 1 amide bonds. The van der Waals surface area contributed by atoms with Gasteiger partial charge >= 0.3 is 0 Å². The first-order valence-electron chi connectivity index (χ1n) is 7.10. The van der Waals surface area contributed by atoms with Gasteiger partial charge in [0.05, 0.1) is 6.54 Å². The third-order valence-corrected chi connectivity index (χ3v) is 3.41. The highest BCUT2D eigenvalue weighted by Gasteiger charge is 2.28. The first-order chi connectivity index (χ1) is 9.46. The molecule has 1 aliphatic heterocycles. The number of aliphatic imine (C=N–C) groups is 1. The maximum Gasteiger partial charge on any atom is 0.253 e. The van der Waals surface area contributed by atoms with Crippen molar-refractivity contribution in [2.45, 2.75) is 33.3 Å². The quantitative estimate of drug-likeness (QED) is 0.847. The Labute approximate surface area is 120 Å². The number of ether oxygens (including phenoxy) is 1. The maximum absolute atomic E-state index is 12.2. The standard InChI is InChI=1S/C16H22N2O2/c1-5-18(6-2)15(19)13-9-7-12(8-10-13)14-17-11-16(3,4)20-14/h7-10H,5-6,11H2,1-4H3. The molecule has 2 rings (SSSR count). The van der Waals surface area contributed by atoms with Crippen LogP contribution in [0.4, 0.5) is 0 Å². The Morgan fingerprint density at radius 3 is 2.30 bits per heavy atom. The normalized spacial score (nSPS) is 16.5. The molecule has 1 aliphatic rings. The predicted molar refractivity (Wildman–Crippen MR) is 80.3 cm³/mol. The smallest absolute Gasteiger partial charge is 0.253 e. The molecule has 0 aromatic heterocycles. The second-order valence-electron chi connectivity index (χ2n) is 5.54. The molecule has 0 bridgehead atoms. The summed E-state index contributed by atoms with van der Waals surface area (Å²) >= 11 is 0. The van der Waals surface area contributed by atoms with Crippen LogP contribution in [-0.2, 0) is 4.74 Å². The maximum atomic E-state index is 12.2. The Kier molecular flexibility index (Phi) is 4.12. The van der Waals surface area contributed by atoms with Crippen molar-refractivity contribution >= 4 is 11.8 Å². The van der Waals surface area contributed by atoms with E-state index in [1.54, 1.807) is 0 Å². The summed E-state index contributed by atoms with van der Waals surface area (Å²) in [5.74, 6) is 0.730. The van der Waals surface area contributed by atoms with E-state index in [0.717, 1.165) is 18.7 Å². The van der Waals surface area contributed by atoms with Gasteiger partial charge in [-0.2, -0.15) is 0 Å². The lowest BCUT2D eigenvalue weighted by Gasteiger charge is -2.19. The molecule has 0 N–H and O–H groups in total. The summed E-state index contributed by atoms with van der Waals surface area (Å²) in [7, 11) is 0. The van der Waals surface area contributed by atoms with Crippen LogP contribution >= 0.6 is 0 Å². The van der Waals surface area contributed by atoms with E-state index in [1.165, 1.54) is 0 Å². The minimum absolute atomic E-state index is 0.0659. The van der Waals surface area contributed by atoms with Crippen LogP contribution in [0.2, 0.25) is 0 Å². The summed E-state index contributed by atoms with van der Waals surface area (Å²) in [6.45, 7) is 10.1. The van der Waals surface area contributed by atoms with E-state index >= 15 is 0 Å². The number of nitrogens with zero attached hydrogens (tertiary/aromatic N) is 2. The third kappa shape index (κ3) is 3.00. The van der Waals surface area contributed by atoms with Crippen LogP contribution in [-0.4, -0.2) is 41.9 Å². The molecule has 0 saturated heterocycles. The summed E-state index contributed by atoms with van der Waals surface area (Å²) in [5, 5.41) is 0. The number of amides is 1. The molecule has 0 aliphatic carbocycles. The fraction of sp³-hybridized carbons (Fsp3) is 0.500. The molecule has 1 aromatic rings. The molecule has 0 radical (unpaired) electrons. The molecule has 0 fully saturated rings. The molecule has 4 heteroatoms. The Hall–Kier alpha value is -1.84. The average Bonchev–Trinajstić information content (AvgIpc) is 2.80. The summed E-state index contributed by atoms with van der Waals surface area (Å²) in [6, 6.07) is 7.48. The highest BCUT2D eigenvalue weighted by Crippen LogP contribution is 2.21. The van der Waals surface area contributed by atoms with Crippen LogP contribution in [0.15, 0.2) is 29.3 Å². The SMILES string of the molecule is CCN(CC)C(=O)c1ccc(C2=NCC(C)(C)O2)cc1. The number of carbonyl (C=O) groups is 1. The van der Waals surface area contributed by atoms with Gasteiger partial charge in [-0.15, -0.1) is 0 Å². The lowest BCUT2D eigenvalue weighted by atomic mass is 10.1. The molecule has 1 aromatic carbocycles. The van der Waals surface area contributed by atoms with E-state index in [-0.39, 0.29) is 11.5 Å². The van der Waals surface area contributed by atoms with Crippen molar-refractivity contribution in [3.63, 3.8) is 0 Å². The van der Waals surface area contributed by atoms with Crippen LogP contribution in [0, 0.1) is 0 Å². The van der Waals surface area contributed by atoms with E-state index in [2.05, 4.69) is 4.99 Å². The molecule has 0 spiro atoms. The van der Waals surface area contributed by atoms with Gasteiger partial charge in [0.2, 0.25) is 5.90 Å². The lowest BCUT2D eigenvalue weighted by Crippen LogP contribution is -2.30. The third-order valence-electron chi connectivity index (χ3n) is 3.41. The van der Waals surface area contributed by atoms with Crippen LogP contribution in [0.1, 0.15) is 43.6 Å². The first kappa shape index (κ1) is 14.6. The summed E-state index contributed by atoms with van der Waals surface area (Å²) in [5.41, 5.74) is 1.40. The zero-order chi connectivity index (χ0) is 14.8. The van der Waals surface area contributed by atoms with Gasteiger partial charge < -0.3 is 9.64 Å². The summed E-state index contributed by atoms with van der Waals surface area (Å²) < 4.78 is 5.78. The van der Waals surface area contributed by atoms with E-state index in [0.29, 0.717) is 18.0 Å². The van der Waals surface area contributed by atoms with Crippen LogP contribution in [0.25, 0.3) is 0 Å². The fourth-order valence-electron chi connectivity index (χ4n) is 2.19. The monoisotopic (exact) mass is 274 g/mol. The van der Waals surface area contributed by atoms with Gasteiger partial charge in [0, 0.05) is 24.2 Å². The fourth-order valence-corrected chi connectivity index (χ4v) is 2.19. The van der Waals surface area contributed by atoms with Crippen molar-refractivity contribution in [1.82, 2.24) is 4.90 Å². The van der Waals surface area contributed by atoms with E-state index in [4.69, 9.17) is 4.74 Å². The number of carbonyl (C=O) groups excluding carboxylic acids is 1. The molecule has 0 saturated carbocycles. The van der Waals surface area contributed by atoms with Gasteiger partial charge in [0.1, 0.15) is 5.60 Å². The summed E-state index contributed by atoms with van der Waals surface area (Å²) in [4.78, 5) is 18.4. The Balaban J connectivity index is 2.13. The van der Waals surface area contributed by atoms with Crippen molar-refractivity contribution in [1.29, 1.82) is 0 Å². The van der Waals surface area contributed by atoms with Crippen molar-refractivity contribution < 1.29 is 9.53 Å². The number of hydrogen-bond donors (Lipinski definition) is 0. The van der Waals surface area contributed by atoms with Gasteiger partial charge in [-0.3, -0.25) is 4.79 Å². The van der Waals surface area contributed by atoms with Crippen molar-refractivity contribution in [2.24, 2.45) is 4.99 Å². The van der Waals surface area contributed by atoms with Gasteiger partial charge in [-0.1, -0.05) is 0 Å². The van der Waals surface area contributed by atoms with Crippen LogP contribution < -0.4 is 0 Å². The highest BCUT2D eigenvalue weighted by molar-refractivity contribution is 5.98. The molecule has 1 heterocycles. The van der Waals surface area contributed by atoms with Gasteiger partial charge in [-0.25, -0.2) is 4.99 Å². The Morgan fingerprint density at radius 2 is 1.85 bits per heavy atom. The molecule has 4 nitrogen and oxygen atoms in total. The van der Waals surface area contributed by atoms with Crippen molar-refractivity contribution in [3.05, 3.63) is 35.4 Å². The van der Waals surface area contributed by atoms with Gasteiger partial charge in [0.25, 0.3) is 5.91 Å². The number of rotatable bonds is 4. The largest absolute Gasteiger partial charge is 0.469 e. The zero-order valence-electron chi connectivity index (χ0n) is 12.6. The minimum Gasteiger partial charge on any atom is -0.469 e. The number of benzene rings is 1. The average molecular weight is 274 g/mol. The Bertz CT molecular complexity index is 514. The van der Waals surface area contributed by atoms with E-state index in [9.17, 15) is 4.79 Å². The zero-order valence-corrected chi connectivity index (χ0v) is 12.6. The molecule has 108 valence electrons. The summed E-state index contributed by atoms with van der Waals surface area (Å²) in [6.07, 6.45) is 0. The predicted octanol–water partition coefficient (Wildman–Crippen LogP) is 2.72. The van der Waals surface area contributed by atoms with Crippen molar-refractivity contribution in [2.75, 3.05) is 19.6 Å². The van der Waals surface area contributed by atoms with Crippen LogP contribution in [0.5, 0.6) is 0 Å². The second-order valence-corrected chi connectivity index (χ2v) is 5.54. The molecular weight excluding hydrogens is 252 g/mol. The van der Waals surface area contributed by atoms with Crippen molar-refractivity contribution in [3.8, 4) is 0 Å². The van der Waals surface area contributed by atoms with Crippen LogP contribution in [0.3, 0.4) is 0 Å². The van der Waals surface area contributed by atoms with Gasteiger partial charge in [0.15, 0.2) is 0 Å². The van der Waals surface area contributed by atoms with E-state index < -0.39 is 0 Å². The second kappa shape index (κ2) is 5.65. The Morgan fingerprint density at radius 1 is 1.25 bits per heavy atom. The molecule has 0 unspecified atom stereocenters. The van der Waals surface area contributed by atoms with E-state index in [1.807, 2.05) is 56.9 Å². The lowest BCUT2D eigenvalue weighted by molar-refractivity contribution is 0.0773. The minimum atomic E-state index is -0.231. The molecule has 0 atom stereocenters. The molecular formula is C16H22N2O2. The number of hydrogen-bond acceptors (Lipinski definition) is 3. The highest BCUT2D eigenvalue weighted by atomic mass is 16.5. The topological polar surface area (TPSA) is 41.9 Å². The van der Waals surface area contributed by atoms with Gasteiger partial charge in [-0.05, 0) is 52.0 Å².